The molecule has 3 heteroatoms. The van der Waals surface area contributed by atoms with E-state index in [0.717, 1.165) is 51.8 Å². The second kappa shape index (κ2) is 15.8. The van der Waals surface area contributed by atoms with Crippen LogP contribution < -0.4 is 9.80 Å². The Labute approximate surface area is 374 Å². The van der Waals surface area contributed by atoms with E-state index >= 15 is 0 Å². The van der Waals surface area contributed by atoms with Crippen molar-refractivity contribution in [3.63, 3.8) is 0 Å². The van der Waals surface area contributed by atoms with Gasteiger partial charge in [-0.25, -0.2) is 0 Å². The van der Waals surface area contributed by atoms with Crippen LogP contribution in [0.25, 0.3) is 60.9 Å². The molecular weight excluding hydrogens is 775 g/mol. The van der Waals surface area contributed by atoms with Crippen molar-refractivity contribution >= 4 is 55.9 Å². The van der Waals surface area contributed by atoms with Crippen LogP contribution in [0.4, 0.5) is 34.1 Å². The van der Waals surface area contributed by atoms with Crippen LogP contribution in [0.3, 0.4) is 0 Å². The number of benzene rings is 10. The van der Waals surface area contributed by atoms with Gasteiger partial charge in [-0.2, -0.15) is 0 Å². The first kappa shape index (κ1) is 37.4. The van der Waals surface area contributed by atoms with Gasteiger partial charge in [0, 0.05) is 50.6 Å². The summed E-state index contributed by atoms with van der Waals surface area (Å²) in [6.45, 7) is 0. The molecule has 0 bridgehead atoms. The van der Waals surface area contributed by atoms with Crippen molar-refractivity contribution in [1.82, 2.24) is 4.57 Å². The van der Waals surface area contributed by atoms with Gasteiger partial charge in [0.1, 0.15) is 0 Å². The van der Waals surface area contributed by atoms with Crippen LogP contribution in [0.1, 0.15) is 11.1 Å². The van der Waals surface area contributed by atoms with Gasteiger partial charge in [-0.1, -0.05) is 158 Å². The van der Waals surface area contributed by atoms with E-state index in [0.29, 0.717) is 0 Å². The second-order valence-electron chi connectivity index (χ2n) is 16.6. The molecule has 0 fully saturated rings. The van der Waals surface area contributed by atoms with E-state index < -0.39 is 0 Å². The Morgan fingerprint density at radius 1 is 0.281 bits per heavy atom. The zero-order valence-electron chi connectivity index (χ0n) is 35.2. The Balaban J connectivity index is 0.895. The maximum Gasteiger partial charge on any atom is 0.0561 e. The first-order valence-electron chi connectivity index (χ1n) is 22.0. The largest absolute Gasteiger partial charge is 0.310 e. The number of hydrogen-bond donors (Lipinski definition) is 0. The molecule has 11 aromatic rings. The molecule has 1 heterocycles. The monoisotopic (exact) mass is 817 g/mol. The van der Waals surface area contributed by atoms with Gasteiger partial charge in [-0.05, 0) is 142 Å². The van der Waals surface area contributed by atoms with Crippen molar-refractivity contribution < 1.29 is 0 Å². The molecule has 0 spiro atoms. The highest BCUT2D eigenvalue weighted by Crippen LogP contribution is 2.44. The van der Waals surface area contributed by atoms with Crippen molar-refractivity contribution in [2.24, 2.45) is 0 Å². The predicted octanol–water partition coefficient (Wildman–Crippen LogP) is 16.6. The molecule has 12 rings (SSSR count). The Hall–Kier alpha value is -8.40. The van der Waals surface area contributed by atoms with E-state index in [9.17, 15) is 0 Å². The molecule has 0 saturated heterocycles. The minimum absolute atomic E-state index is 0.948. The average Bonchev–Trinajstić information content (AvgIpc) is 3.91. The summed E-state index contributed by atoms with van der Waals surface area (Å²) in [5, 5.41) is 2.48. The van der Waals surface area contributed by atoms with Crippen LogP contribution in [0.2, 0.25) is 0 Å². The van der Waals surface area contributed by atoms with Crippen molar-refractivity contribution in [2.75, 3.05) is 9.80 Å². The summed E-state index contributed by atoms with van der Waals surface area (Å²) in [5.74, 6) is 0. The van der Waals surface area contributed by atoms with Crippen LogP contribution in [-0.4, -0.2) is 4.57 Å². The fourth-order valence-electron chi connectivity index (χ4n) is 9.73. The summed E-state index contributed by atoms with van der Waals surface area (Å²) in [5.41, 5.74) is 20.4. The highest BCUT2D eigenvalue weighted by atomic mass is 15.1. The zero-order valence-corrected chi connectivity index (χ0v) is 35.2. The molecule has 3 nitrogen and oxygen atoms in total. The highest BCUT2D eigenvalue weighted by molar-refractivity contribution is 6.10. The molecule has 0 radical (unpaired) electrons. The molecule has 0 aliphatic heterocycles. The van der Waals surface area contributed by atoms with E-state index in [-0.39, 0.29) is 0 Å². The van der Waals surface area contributed by atoms with Crippen molar-refractivity contribution in [1.29, 1.82) is 0 Å². The zero-order chi connectivity index (χ0) is 42.4. The van der Waals surface area contributed by atoms with Gasteiger partial charge in [0.05, 0.1) is 11.0 Å². The normalized spacial score (nSPS) is 11.7. The van der Waals surface area contributed by atoms with E-state index in [1.165, 1.54) is 60.8 Å². The minimum atomic E-state index is 0.948. The van der Waals surface area contributed by atoms with E-state index in [1.807, 2.05) is 0 Å². The van der Waals surface area contributed by atoms with E-state index in [1.54, 1.807) is 0 Å². The fraction of sp³-hybridized carbons (Fsp3) is 0.0164. The highest BCUT2D eigenvalue weighted by Gasteiger charge is 2.22. The Morgan fingerprint density at radius 2 is 0.719 bits per heavy atom. The molecule has 302 valence electrons. The van der Waals surface area contributed by atoms with Gasteiger partial charge in [0.25, 0.3) is 0 Å². The standard InChI is InChI=1S/C61H43N3/c1-4-14-43(15-5-1)44-24-30-52(31-25-44)63(54-36-38-57-48(41-54)40-47-16-10-11-21-56(47)57)53-34-28-46(29-35-53)45-26-32-51(33-27-45)62(49-17-6-2-7-18-49)55-37-39-59-58-22-12-13-23-60(58)64(61(59)42-55)50-19-8-3-9-20-50/h1-39,41-42H,40H2. The first-order valence-corrected chi connectivity index (χ1v) is 22.0. The average molecular weight is 818 g/mol. The third-order valence-electron chi connectivity index (χ3n) is 12.8. The lowest BCUT2D eigenvalue weighted by Crippen LogP contribution is -2.10. The van der Waals surface area contributed by atoms with Crippen LogP contribution in [-0.2, 0) is 6.42 Å². The van der Waals surface area contributed by atoms with Crippen LogP contribution in [0, 0.1) is 0 Å². The van der Waals surface area contributed by atoms with Crippen LogP contribution in [0.5, 0.6) is 0 Å². The Kier molecular flexibility index (Phi) is 9.23. The van der Waals surface area contributed by atoms with Gasteiger partial charge in [0.2, 0.25) is 0 Å². The maximum atomic E-state index is 2.39. The Bertz CT molecular complexity index is 3430. The predicted molar refractivity (Wildman–Crippen MR) is 269 cm³/mol. The number of aromatic nitrogens is 1. The molecule has 0 unspecified atom stereocenters. The quantitative estimate of drug-likeness (QED) is 0.144. The molecule has 0 saturated carbocycles. The van der Waals surface area contributed by atoms with Gasteiger partial charge in [-0.15, -0.1) is 0 Å². The lowest BCUT2D eigenvalue weighted by Gasteiger charge is -2.27. The lowest BCUT2D eigenvalue weighted by molar-refractivity contribution is 1.18. The molecular formula is C61H43N3. The third-order valence-corrected chi connectivity index (χ3v) is 12.8. The van der Waals surface area contributed by atoms with Gasteiger partial charge < -0.3 is 14.4 Å². The fourth-order valence-corrected chi connectivity index (χ4v) is 9.73. The number of hydrogen-bond acceptors (Lipinski definition) is 2. The molecule has 64 heavy (non-hydrogen) atoms. The molecule has 0 atom stereocenters. The lowest BCUT2D eigenvalue weighted by atomic mass is 10.0. The molecule has 1 aliphatic rings. The topological polar surface area (TPSA) is 11.4 Å². The van der Waals surface area contributed by atoms with Crippen molar-refractivity contribution in [2.45, 2.75) is 6.42 Å². The van der Waals surface area contributed by atoms with Crippen molar-refractivity contribution in [3.8, 4) is 39.1 Å². The number of rotatable bonds is 9. The van der Waals surface area contributed by atoms with Crippen LogP contribution in [0.15, 0.2) is 249 Å². The number of anilines is 6. The molecule has 1 aromatic heterocycles. The number of fused-ring (bicyclic) bond motifs is 6. The summed E-state index contributed by atoms with van der Waals surface area (Å²) in [7, 11) is 0. The minimum Gasteiger partial charge on any atom is -0.310 e. The summed E-state index contributed by atoms with van der Waals surface area (Å²) < 4.78 is 2.38. The number of para-hydroxylation sites is 3. The van der Waals surface area contributed by atoms with Crippen LogP contribution >= 0.6 is 0 Å². The van der Waals surface area contributed by atoms with Gasteiger partial charge >= 0.3 is 0 Å². The van der Waals surface area contributed by atoms with Gasteiger partial charge in [0.15, 0.2) is 0 Å². The smallest absolute Gasteiger partial charge is 0.0561 e. The molecule has 10 aromatic carbocycles. The van der Waals surface area contributed by atoms with Crippen molar-refractivity contribution in [3.05, 3.63) is 260 Å². The first-order chi connectivity index (χ1) is 31.7. The van der Waals surface area contributed by atoms with E-state index in [2.05, 4.69) is 263 Å². The number of nitrogens with zero attached hydrogens (tertiary/aromatic N) is 3. The third kappa shape index (κ3) is 6.63. The Morgan fingerprint density at radius 3 is 1.36 bits per heavy atom. The SMILES string of the molecule is c1ccc(-c2ccc(N(c3ccc(-c4ccc(N(c5ccccc5)c5ccc6c7ccccc7n(-c7ccccc7)c6c5)cc4)cc3)c3ccc4c(c3)Cc3ccccc3-4)cc2)cc1. The molecule has 0 amide bonds. The summed E-state index contributed by atoms with van der Waals surface area (Å²) >= 11 is 0. The summed E-state index contributed by atoms with van der Waals surface area (Å²) in [6.07, 6.45) is 0.948. The van der Waals surface area contributed by atoms with Gasteiger partial charge in [-0.3, -0.25) is 0 Å². The molecule has 0 N–H and O–H groups in total. The summed E-state index contributed by atoms with van der Waals surface area (Å²) in [6, 6.07) is 90.2. The molecule has 1 aliphatic carbocycles. The maximum absolute atomic E-state index is 2.39. The second-order valence-corrected chi connectivity index (χ2v) is 16.6. The van der Waals surface area contributed by atoms with E-state index in [4.69, 9.17) is 0 Å². The summed E-state index contributed by atoms with van der Waals surface area (Å²) in [4.78, 5) is 4.74.